The molecular formula is C10H14BF3N-. The summed E-state index contributed by atoms with van der Waals surface area (Å²) in [5.74, 6) is 0. The predicted octanol–water partition coefficient (Wildman–Crippen LogP) is 2.24. The van der Waals surface area contributed by atoms with Gasteiger partial charge in [-0.05, 0) is 18.5 Å². The molecule has 0 saturated carbocycles. The molecule has 0 radical (unpaired) electrons. The number of halogens is 3. The molecule has 0 aliphatic rings. The van der Waals surface area contributed by atoms with Crippen molar-refractivity contribution in [3.63, 3.8) is 0 Å². The molecule has 0 saturated heterocycles. The van der Waals surface area contributed by atoms with E-state index in [1.165, 1.54) is 12.1 Å². The average Bonchev–Trinajstić information content (AvgIpc) is 2.18. The van der Waals surface area contributed by atoms with E-state index in [9.17, 15) is 12.9 Å². The van der Waals surface area contributed by atoms with Gasteiger partial charge < -0.3 is 18.3 Å². The molecule has 1 aromatic carbocycles. The minimum absolute atomic E-state index is 0.533. The van der Waals surface area contributed by atoms with Crippen LogP contribution >= 0.6 is 0 Å². The van der Waals surface area contributed by atoms with Crippen LogP contribution in [-0.2, 0) is 6.54 Å². The van der Waals surface area contributed by atoms with Gasteiger partial charge in [0.05, 0.1) is 0 Å². The summed E-state index contributed by atoms with van der Waals surface area (Å²) in [4.78, 5) is 0. The first kappa shape index (κ1) is 12.1. The molecule has 0 fully saturated rings. The van der Waals surface area contributed by atoms with Crippen molar-refractivity contribution >= 4 is 12.4 Å². The van der Waals surface area contributed by atoms with Crippen LogP contribution in [-0.4, -0.2) is 13.5 Å². The lowest BCUT2D eigenvalue weighted by Gasteiger charge is -2.15. The highest BCUT2D eigenvalue weighted by Crippen LogP contribution is 2.09. The van der Waals surface area contributed by atoms with Gasteiger partial charge in [-0.1, -0.05) is 31.2 Å². The van der Waals surface area contributed by atoms with Crippen LogP contribution in [0.3, 0.4) is 0 Å². The van der Waals surface area contributed by atoms with Crippen molar-refractivity contribution in [3.8, 4) is 0 Å². The Hall–Kier alpha value is -0.965. The summed E-state index contributed by atoms with van der Waals surface area (Å²) in [5, 5.41) is 3.13. The second-order valence-corrected chi connectivity index (χ2v) is 3.49. The third-order valence-electron chi connectivity index (χ3n) is 2.11. The van der Waals surface area contributed by atoms with Gasteiger partial charge in [0.15, 0.2) is 0 Å². The summed E-state index contributed by atoms with van der Waals surface area (Å²) in [6.07, 6.45) is 1.02. The number of nitrogens with one attached hydrogen (secondary N) is 1. The molecule has 5 heteroatoms. The average molecular weight is 216 g/mol. The Kier molecular flexibility index (Phi) is 4.21. The van der Waals surface area contributed by atoms with Gasteiger partial charge in [-0.3, -0.25) is 0 Å². The Balaban J connectivity index is 2.57. The highest BCUT2D eigenvalue weighted by molar-refractivity contribution is 6.73. The predicted molar refractivity (Wildman–Crippen MR) is 57.2 cm³/mol. The van der Waals surface area contributed by atoms with Crippen molar-refractivity contribution in [2.75, 3.05) is 6.54 Å². The minimum atomic E-state index is -4.86. The van der Waals surface area contributed by atoms with Crippen molar-refractivity contribution in [1.82, 2.24) is 5.32 Å². The van der Waals surface area contributed by atoms with Gasteiger partial charge in [0, 0.05) is 6.54 Å². The Morgan fingerprint density at radius 3 is 2.20 bits per heavy atom. The van der Waals surface area contributed by atoms with Gasteiger partial charge in [0.25, 0.3) is 0 Å². The summed E-state index contributed by atoms with van der Waals surface area (Å²) in [5.41, 5.74) is 0.349. The van der Waals surface area contributed by atoms with Crippen LogP contribution in [0.4, 0.5) is 12.9 Å². The topological polar surface area (TPSA) is 12.0 Å². The van der Waals surface area contributed by atoms with Crippen molar-refractivity contribution in [3.05, 3.63) is 29.8 Å². The first-order valence-electron chi connectivity index (χ1n) is 5.03. The van der Waals surface area contributed by atoms with Crippen molar-refractivity contribution in [1.29, 1.82) is 0 Å². The van der Waals surface area contributed by atoms with Crippen LogP contribution in [0.1, 0.15) is 18.9 Å². The van der Waals surface area contributed by atoms with Crippen LogP contribution in [0, 0.1) is 0 Å². The maximum Gasteiger partial charge on any atom is 0.509 e. The van der Waals surface area contributed by atoms with E-state index in [-0.39, 0.29) is 0 Å². The number of benzene rings is 1. The Labute approximate surface area is 87.7 Å². The third kappa shape index (κ3) is 3.95. The molecule has 0 aliphatic heterocycles. The zero-order chi connectivity index (χ0) is 11.3. The lowest BCUT2D eigenvalue weighted by atomic mass is 9.80. The maximum atomic E-state index is 12.3. The summed E-state index contributed by atoms with van der Waals surface area (Å²) < 4.78 is 36.8. The number of hydrogen-bond donors (Lipinski definition) is 1. The fraction of sp³-hybridized carbons (Fsp3) is 0.400. The quantitative estimate of drug-likeness (QED) is 0.587. The zero-order valence-electron chi connectivity index (χ0n) is 8.64. The summed E-state index contributed by atoms with van der Waals surface area (Å²) >= 11 is 0. The number of hydrogen-bond acceptors (Lipinski definition) is 1. The van der Waals surface area contributed by atoms with Gasteiger partial charge in [-0.2, -0.15) is 0 Å². The molecule has 84 valence electrons. The molecule has 15 heavy (non-hydrogen) atoms. The van der Waals surface area contributed by atoms with E-state index in [1.54, 1.807) is 0 Å². The van der Waals surface area contributed by atoms with Crippen LogP contribution in [0.15, 0.2) is 24.3 Å². The highest BCUT2D eigenvalue weighted by Gasteiger charge is 2.24. The summed E-state index contributed by atoms with van der Waals surface area (Å²) in [7, 11) is 0. The lowest BCUT2D eigenvalue weighted by molar-refractivity contribution is 0.501. The molecule has 0 heterocycles. The fourth-order valence-electron chi connectivity index (χ4n) is 1.26. The fourth-order valence-corrected chi connectivity index (χ4v) is 1.26. The molecule has 0 bridgehead atoms. The molecule has 0 unspecified atom stereocenters. The van der Waals surface area contributed by atoms with E-state index in [0.29, 0.717) is 6.54 Å². The van der Waals surface area contributed by atoms with E-state index in [2.05, 4.69) is 5.32 Å². The maximum absolute atomic E-state index is 12.3. The molecule has 1 rings (SSSR count). The van der Waals surface area contributed by atoms with E-state index in [1.807, 2.05) is 6.92 Å². The van der Waals surface area contributed by atoms with Crippen LogP contribution in [0.2, 0.25) is 0 Å². The Bertz CT molecular complexity index is 295. The second-order valence-electron chi connectivity index (χ2n) is 3.49. The molecule has 0 amide bonds. The van der Waals surface area contributed by atoms with E-state index in [0.717, 1.165) is 30.7 Å². The SMILES string of the molecule is CCCNCc1ccc([B-](F)(F)F)cc1. The van der Waals surface area contributed by atoms with Gasteiger partial charge in [-0.25, -0.2) is 0 Å². The summed E-state index contributed by atoms with van der Waals surface area (Å²) in [6, 6.07) is 5.33. The van der Waals surface area contributed by atoms with Crippen molar-refractivity contribution in [2.45, 2.75) is 19.9 Å². The molecule has 0 aliphatic carbocycles. The van der Waals surface area contributed by atoms with Crippen LogP contribution < -0.4 is 10.8 Å². The summed E-state index contributed by atoms with van der Waals surface area (Å²) in [6.45, 7) is -1.31. The van der Waals surface area contributed by atoms with Crippen LogP contribution in [0.5, 0.6) is 0 Å². The Morgan fingerprint density at radius 1 is 1.13 bits per heavy atom. The molecule has 0 aromatic heterocycles. The standard InChI is InChI=1S/C10H14BF3N/c1-2-7-15-8-9-3-5-10(6-4-9)11(12,13)14/h3-6,15H,2,7-8H2,1H3/q-1. The highest BCUT2D eigenvalue weighted by atomic mass is 19.4. The van der Waals surface area contributed by atoms with E-state index >= 15 is 0 Å². The first-order valence-corrected chi connectivity index (χ1v) is 5.03. The molecule has 0 atom stereocenters. The van der Waals surface area contributed by atoms with Gasteiger partial charge in [0.2, 0.25) is 0 Å². The smallest absolute Gasteiger partial charge is 0.445 e. The molecule has 1 N–H and O–H groups in total. The molecule has 1 nitrogen and oxygen atoms in total. The minimum Gasteiger partial charge on any atom is -0.445 e. The van der Waals surface area contributed by atoms with Crippen molar-refractivity contribution in [2.24, 2.45) is 0 Å². The number of rotatable bonds is 5. The van der Waals surface area contributed by atoms with E-state index in [4.69, 9.17) is 0 Å². The van der Waals surface area contributed by atoms with Crippen molar-refractivity contribution < 1.29 is 12.9 Å². The second kappa shape index (κ2) is 5.21. The largest absolute Gasteiger partial charge is 0.509 e. The van der Waals surface area contributed by atoms with Crippen LogP contribution in [0.25, 0.3) is 0 Å². The molecule has 0 spiro atoms. The van der Waals surface area contributed by atoms with Gasteiger partial charge in [0.1, 0.15) is 0 Å². The zero-order valence-corrected chi connectivity index (χ0v) is 8.64. The third-order valence-corrected chi connectivity index (χ3v) is 2.11. The lowest BCUT2D eigenvalue weighted by Crippen LogP contribution is -2.33. The molecular weight excluding hydrogens is 202 g/mol. The normalized spacial score (nSPS) is 11.7. The van der Waals surface area contributed by atoms with E-state index < -0.39 is 12.4 Å². The van der Waals surface area contributed by atoms with Gasteiger partial charge in [-0.15, -0.1) is 5.46 Å². The monoisotopic (exact) mass is 216 g/mol. The molecule has 1 aromatic rings. The Morgan fingerprint density at radius 2 is 1.73 bits per heavy atom. The first-order chi connectivity index (χ1) is 7.04. The van der Waals surface area contributed by atoms with Gasteiger partial charge >= 0.3 is 6.98 Å².